The molecule has 0 aliphatic rings. The lowest BCUT2D eigenvalue weighted by Gasteiger charge is -1.95. The molecule has 5 heteroatoms. The predicted octanol–water partition coefficient (Wildman–Crippen LogP) is 0.355. The lowest BCUT2D eigenvalue weighted by molar-refractivity contribution is -0.136. The van der Waals surface area contributed by atoms with Crippen LogP contribution in [0.2, 0.25) is 0 Å². The topological polar surface area (TPSA) is 83.8 Å². The van der Waals surface area contributed by atoms with Gasteiger partial charge in [0.15, 0.2) is 0 Å². The third-order valence-electron chi connectivity index (χ3n) is 1.03. The van der Waals surface area contributed by atoms with Crippen molar-refractivity contribution in [2.24, 2.45) is 0 Å². The van der Waals surface area contributed by atoms with Crippen molar-refractivity contribution in [1.82, 2.24) is 0 Å². The van der Waals surface area contributed by atoms with Crippen LogP contribution in [-0.2, 0) is 14.3 Å². The summed E-state index contributed by atoms with van der Waals surface area (Å²) in [5.41, 5.74) is 0.252. The van der Waals surface area contributed by atoms with Gasteiger partial charge >= 0.3 is 11.9 Å². The molecule has 80 valence electrons. The minimum atomic E-state index is -0.935. The zero-order valence-electron chi connectivity index (χ0n) is 8.24. The van der Waals surface area contributed by atoms with Gasteiger partial charge in [-0.05, 0) is 6.92 Å². The van der Waals surface area contributed by atoms with Crippen molar-refractivity contribution in [3.63, 3.8) is 0 Å². The van der Waals surface area contributed by atoms with E-state index in [2.05, 4.69) is 17.9 Å². The highest BCUT2D eigenvalue weighted by Crippen LogP contribution is 1.88. The fraction of sp³-hybridized carbons (Fsp3) is 0.333. The maximum absolute atomic E-state index is 10.3. The Hall–Kier alpha value is -1.62. The summed E-state index contributed by atoms with van der Waals surface area (Å²) in [4.78, 5) is 19.9. The molecule has 0 aliphatic carbocycles. The van der Waals surface area contributed by atoms with E-state index in [1.807, 2.05) is 0 Å². The molecule has 0 radical (unpaired) electrons. The standard InChI is InChI=1S/C5H8O3.C4H6O2/c1-4(3-6)5(7)8-2;1-3(2)4(5)6/h6H,1,3H2,2H3;1H2,2H3,(H,5,6). The summed E-state index contributed by atoms with van der Waals surface area (Å²) >= 11 is 0. The summed E-state index contributed by atoms with van der Waals surface area (Å²) in [6.07, 6.45) is 0. The largest absolute Gasteiger partial charge is 0.478 e. The maximum atomic E-state index is 10.3. The van der Waals surface area contributed by atoms with Gasteiger partial charge < -0.3 is 14.9 Å². The van der Waals surface area contributed by atoms with Crippen LogP contribution >= 0.6 is 0 Å². The van der Waals surface area contributed by atoms with Gasteiger partial charge in [0.05, 0.1) is 19.3 Å². The van der Waals surface area contributed by atoms with Crippen molar-refractivity contribution < 1.29 is 24.5 Å². The van der Waals surface area contributed by atoms with E-state index in [9.17, 15) is 9.59 Å². The predicted molar refractivity (Wildman–Crippen MR) is 50.7 cm³/mol. The number of aliphatic hydroxyl groups excluding tert-OH is 1. The minimum Gasteiger partial charge on any atom is -0.478 e. The average molecular weight is 202 g/mol. The van der Waals surface area contributed by atoms with E-state index >= 15 is 0 Å². The number of carboxylic acid groups (broad SMARTS) is 1. The van der Waals surface area contributed by atoms with Crippen molar-refractivity contribution in [3.8, 4) is 0 Å². The highest BCUT2D eigenvalue weighted by Gasteiger charge is 2.01. The summed E-state index contributed by atoms with van der Waals surface area (Å²) < 4.78 is 4.20. The molecule has 0 amide bonds. The van der Waals surface area contributed by atoms with Gasteiger partial charge in [0.2, 0.25) is 0 Å². The number of carbonyl (C=O) groups is 2. The summed E-state index contributed by atoms with van der Waals surface area (Å²) in [5.74, 6) is -1.50. The maximum Gasteiger partial charge on any atom is 0.335 e. The molecule has 14 heavy (non-hydrogen) atoms. The Morgan fingerprint density at radius 2 is 1.71 bits per heavy atom. The highest BCUT2D eigenvalue weighted by molar-refractivity contribution is 5.87. The molecule has 0 saturated carbocycles. The van der Waals surface area contributed by atoms with Crippen LogP contribution in [0.4, 0.5) is 0 Å². The molecule has 0 unspecified atom stereocenters. The first kappa shape index (κ1) is 14.9. The molecule has 5 nitrogen and oxygen atoms in total. The number of carboxylic acids is 1. The Balaban J connectivity index is 0. The lowest BCUT2D eigenvalue weighted by Crippen LogP contribution is -2.06. The summed E-state index contributed by atoms with van der Waals surface area (Å²) in [5, 5.41) is 16.1. The Bertz CT molecular complexity index is 216. The molecular formula is C9H14O5. The SMILES string of the molecule is C=C(C)C(=O)O.C=C(CO)C(=O)OC. The first-order valence-corrected chi connectivity index (χ1v) is 3.62. The van der Waals surface area contributed by atoms with Gasteiger partial charge in [0.1, 0.15) is 0 Å². The monoisotopic (exact) mass is 202 g/mol. The van der Waals surface area contributed by atoms with E-state index in [0.29, 0.717) is 0 Å². The molecule has 0 atom stereocenters. The Labute approximate surface area is 82.3 Å². The van der Waals surface area contributed by atoms with Crippen LogP contribution in [0.25, 0.3) is 0 Å². The molecule has 0 aromatic heterocycles. The zero-order valence-corrected chi connectivity index (χ0v) is 8.24. The third-order valence-corrected chi connectivity index (χ3v) is 1.03. The number of hydrogen-bond acceptors (Lipinski definition) is 4. The van der Waals surface area contributed by atoms with Crippen molar-refractivity contribution in [2.75, 3.05) is 13.7 Å². The van der Waals surface area contributed by atoms with Crippen LogP contribution in [0.5, 0.6) is 0 Å². The Morgan fingerprint density at radius 3 is 1.79 bits per heavy atom. The second-order valence-electron chi connectivity index (χ2n) is 2.34. The summed E-state index contributed by atoms with van der Waals surface area (Å²) in [6.45, 7) is 7.48. The first-order chi connectivity index (χ1) is 6.36. The molecular weight excluding hydrogens is 188 g/mol. The van der Waals surface area contributed by atoms with Crippen molar-refractivity contribution >= 4 is 11.9 Å². The smallest absolute Gasteiger partial charge is 0.335 e. The van der Waals surface area contributed by atoms with E-state index in [4.69, 9.17) is 10.2 Å². The Morgan fingerprint density at radius 1 is 1.36 bits per heavy atom. The van der Waals surface area contributed by atoms with E-state index in [1.165, 1.54) is 14.0 Å². The molecule has 2 N–H and O–H groups in total. The molecule has 0 spiro atoms. The normalized spacial score (nSPS) is 7.93. The number of ether oxygens (including phenoxy) is 1. The number of methoxy groups -OCH3 is 1. The second-order valence-corrected chi connectivity index (χ2v) is 2.34. The van der Waals surface area contributed by atoms with E-state index < -0.39 is 11.9 Å². The number of hydrogen-bond donors (Lipinski definition) is 2. The van der Waals surface area contributed by atoms with E-state index in [0.717, 1.165) is 0 Å². The molecule has 0 bridgehead atoms. The van der Waals surface area contributed by atoms with Crippen LogP contribution in [0, 0.1) is 0 Å². The summed E-state index contributed by atoms with van der Waals surface area (Å²) in [6, 6.07) is 0. The number of aliphatic hydroxyl groups is 1. The average Bonchev–Trinajstić information content (AvgIpc) is 2.16. The van der Waals surface area contributed by atoms with Crippen LogP contribution < -0.4 is 0 Å². The minimum absolute atomic E-state index is 0.0764. The van der Waals surface area contributed by atoms with Crippen LogP contribution in [0.3, 0.4) is 0 Å². The number of carbonyl (C=O) groups excluding carboxylic acids is 1. The number of aliphatic carboxylic acids is 1. The molecule has 0 aromatic rings. The highest BCUT2D eigenvalue weighted by atomic mass is 16.5. The quantitative estimate of drug-likeness (QED) is 0.509. The fourth-order valence-electron chi connectivity index (χ4n) is 0.209. The van der Waals surface area contributed by atoms with Gasteiger partial charge in [0.25, 0.3) is 0 Å². The van der Waals surface area contributed by atoms with Crippen molar-refractivity contribution in [3.05, 3.63) is 24.3 Å². The molecule has 0 heterocycles. The van der Waals surface area contributed by atoms with Crippen LogP contribution in [-0.4, -0.2) is 35.9 Å². The zero-order chi connectivity index (χ0) is 11.7. The molecule has 0 rings (SSSR count). The van der Waals surface area contributed by atoms with Crippen molar-refractivity contribution in [1.29, 1.82) is 0 Å². The fourth-order valence-corrected chi connectivity index (χ4v) is 0.209. The Kier molecular flexibility index (Phi) is 8.50. The van der Waals surface area contributed by atoms with Gasteiger partial charge in [-0.2, -0.15) is 0 Å². The number of rotatable bonds is 3. The van der Waals surface area contributed by atoms with Gasteiger partial charge in [-0.25, -0.2) is 9.59 Å². The van der Waals surface area contributed by atoms with Crippen LogP contribution in [0.1, 0.15) is 6.92 Å². The molecule has 0 saturated heterocycles. The van der Waals surface area contributed by atoms with E-state index in [1.54, 1.807) is 0 Å². The van der Waals surface area contributed by atoms with Gasteiger partial charge in [-0.3, -0.25) is 0 Å². The van der Waals surface area contributed by atoms with Crippen LogP contribution in [0.15, 0.2) is 24.3 Å². The van der Waals surface area contributed by atoms with E-state index in [-0.39, 0.29) is 17.8 Å². The van der Waals surface area contributed by atoms with Gasteiger partial charge in [-0.1, -0.05) is 13.2 Å². The molecule has 0 aliphatic heterocycles. The first-order valence-electron chi connectivity index (χ1n) is 3.62. The summed E-state index contributed by atoms with van der Waals surface area (Å²) in [7, 11) is 1.24. The van der Waals surface area contributed by atoms with Gasteiger partial charge in [-0.15, -0.1) is 0 Å². The lowest BCUT2D eigenvalue weighted by atomic mass is 10.3. The number of esters is 1. The second kappa shape index (κ2) is 8.00. The van der Waals surface area contributed by atoms with Crippen molar-refractivity contribution in [2.45, 2.75) is 6.92 Å². The molecule has 0 fully saturated rings. The van der Waals surface area contributed by atoms with Gasteiger partial charge in [0, 0.05) is 5.57 Å². The molecule has 0 aromatic carbocycles. The third kappa shape index (κ3) is 8.48.